The summed E-state index contributed by atoms with van der Waals surface area (Å²) in [5.41, 5.74) is 5.30. The number of nitrogens with two attached hydrogens (primary N) is 1. The summed E-state index contributed by atoms with van der Waals surface area (Å²) in [5.74, 6) is -0.848. The summed E-state index contributed by atoms with van der Waals surface area (Å²) in [6.45, 7) is 3.62. The van der Waals surface area contributed by atoms with Gasteiger partial charge in [0.1, 0.15) is 6.61 Å². The molecular formula is C32H62NO8P. The number of esters is 2. The third-order valence-electron chi connectivity index (χ3n) is 6.90. The Morgan fingerprint density at radius 1 is 0.690 bits per heavy atom. The highest BCUT2D eigenvalue weighted by molar-refractivity contribution is 7.47. The Bertz CT molecular complexity index is 719. The van der Waals surface area contributed by atoms with Gasteiger partial charge in [0.2, 0.25) is 0 Å². The van der Waals surface area contributed by atoms with Crippen molar-refractivity contribution in [2.24, 2.45) is 5.73 Å². The second-order valence-corrected chi connectivity index (χ2v) is 12.5. The molecule has 0 aliphatic heterocycles. The largest absolute Gasteiger partial charge is 0.472 e. The zero-order chi connectivity index (χ0) is 31.2. The van der Waals surface area contributed by atoms with Gasteiger partial charge in [-0.25, -0.2) is 4.57 Å². The van der Waals surface area contributed by atoms with E-state index in [4.69, 9.17) is 24.3 Å². The molecule has 248 valence electrons. The molecule has 0 aliphatic carbocycles. The maximum atomic E-state index is 12.4. The fourth-order valence-corrected chi connectivity index (χ4v) is 5.16. The van der Waals surface area contributed by atoms with Crippen LogP contribution < -0.4 is 5.73 Å². The monoisotopic (exact) mass is 619 g/mol. The van der Waals surface area contributed by atoms with Crippen LogP contribution in [-0.2, 0) is 32.7 Å². The van der Waals surface area contributed by atoms with E-state index < -0.39 is 32.5 Å². The van der Waals surface area contributed by atoms with Gasteiger partial charge >= 0.3 is 19.8 Å². The van der Waals surface area contributed by atoms with E-state index in [0.29, 0.717) is 6.42 Å². The first-order valence-electron chi connectivity index (χ1n) is 16.7. The average Bonchev–Trinajstić information content (AvgIpc) is 2.97. The molecule has 0 spiro atoms. The molecule has 0 aromatic rings. The van der Waals surface area contributed by atoms with Crippen LogP contribution in [0, 0.1) is 0 Å². The molecule has 0 rings (SSSR count). The highest BCUT2D eigenvalue weighted by Gasteiger charge is 2.25. The number of ether oxygens (including phenoxy) is 2. The molecule has 0 radical (unpaired) electrons. The van der Waals surface area contributed by atoms with E-state index in [1.54, 1.807) is 0 Å². The molecule has 3 N–H and O–H groups in total. The van der Waals surface area contributed by atoms with E-state index in [2.05, 4.69) is 26.0 Å². The molecule has 0 aromatic carbocycles. The lowest BCUT2D eigenvalue weighted by molar-refractivity contribution is -0.161. The first-order valence-corrected chi connectivity index (χ1v) is 18.2. The molecule has 42 heavy (non-hydrogen) atoms. The normalized spacial score (nSPS) is 13.7. The van der Waals surface area contributed by atoms with Crippen LogP contribution in [0.1, 0.15) is 149 Å². The summed E-state index contributed by atoms with van der Waals surface area (Å²) in [4.78, 5) is 34.3. The van der Waals surface area contributed by atoms with Crippen molar-refractivity contribution in [3.63, 3.8) is 0 Å². The lowest BCUT2D eigenvalue weighted by Crippen LogP contribution is -2.29. The predicted molar refractivity (Wildman–Crippen MR) is 169 cm³/mol. The molecular weight excluding hydrogens is 557 g/mol. The van der Waals surface area contributed by atoms with E-state index in [9.17, 15) is 19.0 Å². The van der Waals surface area contributed by atoms with Gasteiger partial charge in [0.15, 0.2) is 6.10 Å². The third kappa shape index (κ3) is 28.9. The number of hydrogen-bond donors (Lipinski definition) is 2. The zero-order valence-electron chi connectivity index (χ0n) is 26.7. The Morgan fingerprint density at radius 2 is 1.17 bits per heavy atom. The second kappa shape index (κ2) is 29.8. The summed E-state index contributed by atoms with van der Waals surface area (Å²) < 4.78 is 32.4. The highest BCUT2D eigenvalue weighted by atomic mass is 31.2. The zero-order valence-corrected chi connectivity index (χ0v) is 27.6. The Hall–Kier alpha value is -1.25. The summed E-state index contributed by atoms with van der Waals surface area (Å²) in [6, 6.07) is 0. The molecule has 0 aliphatic rings. The van der Waals surface area contributed by atoms with E-state index in [-0.39, 0.29) is 32.6 Å². The van der Waals surface area contributed by atoms with Crippen LogP contribution in [0.25, 0.3) is 0 Å². The summed E-state index contributed by atoms with van der Waals surface area (Å²) in [6.07, 6.45) is 25.6. The van der Waals surface area contributed by atoms with Crippen molar-refractivity contribution in [1.29, 1.82) is 0 Å². The number of rotatable bonds is 31. The van der Waals surface area contributed by atoms with Crippen molar-refractivity contribution in [2.75, 3.05) is 26.4 Å². The van der Waals surface area contributed by atoms with E-state index in [1.807, 2.05) is 0 Å². The van der Waals surface area contributed by atoms with Crippen molar-refractivity contribution in [3.8, 4) is 0 Å². The van der Waals surface area contributed by atoms with Crippen molar-refractivity contribution in [3.05, 3.63) is 12.2 Å². The molecule has 0 amide bonds. The molecule has 0 saturated carbocycles. The van der Waals surface area contributed by atoms with Crippen LogP contribution in [0.3, 0.4) is 0 Å². The highest BCUT2D eigenvalue weighted by Crippen LogP contribution is 2.43. The SMILES string of the molecule is CCCCCCCC/C=C\CCCCCCCC(=O)OC(COC(=O)CCCCCCCC)COP(=O)(O)OCCN. The van der Waals surface area contributed by atoms with Crippen molar-refractivity contribution in [2.45, 2.75) is 155 Å². The Morgan fingerprint density at radius 3 is 1.69 bits per heavy atom. The number of allylic oxidation sites excluding steroid dienone is 2. The quantitative estimate of drug-likeness (QED) is 0.0340. The average molecular weight is 620 g/mol. The maximum Gasteiger partial charge on any atom is 0.472 e. The lowest BCUT2D eigenvalue weighted by Gasteiger charge is -2.19. The van der Waals surface area contributed by atoms with Crippen LogP contribution in [0.4, 0.5) is 0 Å². The van der Waals surface area contributed by atoms with Gasteiger partial charge in [0.25, 0.3) is 0 Å². The number of carbonyl (C=O) groups excluding carboxylic acids is 2. The van der Waals surface area contributed by atoms with Crippen LogP contribution >= 0.6 is 7.82 Å². The molecule has 0 bridgehead atoms. The van der Waals surface area contributed by atoms with Crippen LogP contribution in [0.15, 0.2) is 12.2 Å². The predicted octanol–water partition coefficient (Wildman–Crippen LogP) is 8.32. The molecule has 0 fully saturated rings. The molecule has 9 nitrogen and oxygen atoms in total. The molecule has 2 unspecified atom stereocenters. The molecule has 0 aromatic heterocycles. The van der Waals surface area contributed by atoms with Gasteiger partial charge in [-0.15, -0.1) is 0 Å². The fourth-order valence-electron chi connectivity index (χ4n) is 4.39. The fraction of sp³-hybridized carbons (Fsp3) is 0.875. The number of carbonyl (C=O) groups is 2. The van der Waals surface area contributed by atoms with Crippen LogP contribution in [0.2, 0.25) is 0 Å². The minimum atomic E-state index is -4.36. The number of hydrogen-bond acceptors (Lipinski definition) is 8. The van der Waals surface area contributed by atoms with Gasteiger partial charge in [-0.05, 0) is 38.5 Å². The van der Waals surface area contributed by atoms with E-state index in [1.165, 1.54) is 57.8 Å². The van der Waals surface area contributed by atoms with E-state index >= 15 is 0 Å². The molecule has 0 heterocycles. The van der Waals surface area contributed by atoms with Gasteiger partial charge in [-0.2, -0.15) is 0 Å². The molecule has 2 atom stereocenters. The Kier molecular flexibility index (Phi) is 28.9. The van der Waals surface area contributed by atoms with Gasteiger partial charge in [-0.3, -0.25) is 18.6 Å². The Balaban J connectivity index is 4.23. The van der Waals surface area contributed by atoms with Gasteiger partial charge in [0.05, 0.1) is 13.2 Å². The second-order valence-electron chi connectivity index (χ2n) is 11.0. The summed E-state index contributed by atoms with van der Waals surface area (Å²) in [5, 5.41) is 0. The van der Waals surface area contributed by atoms with Gasteiger partial charge in [-0.1, -0.05) is 109 Å². The topological polar surface area (TPSA) is 134 Å². The van der Waals surface area contributed by atoms with E-state index in [0.717, 1.165) is 57.8 Å². The van der Waals surface area contributed by atoms with Gasteiger partial charge < -0.3 is 20.1 Å². The first-order chi connectivity index (χ1) is 20.3. The smallest absolute Gasteiger partial charge is 0.462 e. The number of phosphoric acid groups is 1. The first kappa shape index (κ1) is 40.8. The number of unbranched alkanes of at least 4 members (excludes halogenated alkanes) is 16. The standard InChI is InChI=1S/C32H62NO8P/c1-3-5-7-9-11-12-13-14-15-16-17-18-19-21-23-25-32(35)41-30(29-40-42(36,37)39-27-26-33)28-38-31(34)24-22-20-10-8-6-4-2/h14-15,30H,3-13,16-29,33H2,1-2H3,(H,36,37)/b15-14-. The van der Waals surface area contributed by atoms with Crippen LogP contribution in [0.5, 0.6) is 0 Å². The van der Waals surface area contributed by atoms with Crippen molar-refractivity contribution < 1.29 is 37.6 Å². The Labute approximate surface area is 256 Å². The molecule has 10 heteroatoms. The van der Waals surface area contributed by atoms with Crippen molar-refractivity contribution in [1.82, 2.24) is 0 Å². The number of phosphoric ester groups is 1. The third-order valence-corrected chi connectivity index (χ3v) is 7.89. The minimum Gasteiger partial charge on any atom is -0.462 e. The minimum absolute atomic E-state index is 0.0539. The van der Waals surface area contributed by atoms with Crippen molar-refractivity contribution >= 4 is 19.8 Å². The summed E-state index contributed by atoms with van der Waals surface area (Å²) >= 11 is 0. The van der Waals surface area contributed by atoms with Crippen LogP contribution in [-0.4, -0.2) is 49.3 Å². The maximum absolute atomic E-state index is 12.4. The lowest BCUT2D eigenvalue weighted by atomic mass is 10.1. The summed E-state index contributed by atoms with van der Waals surface area (Å²) in [7, 11) is -4.36. The van der Waals surface area contributed by atoms with Gasteiger partial charge in [0, 0.05) is 19.4 Å². The molecule has 0 saturated heterocycles.